The van der Waals surface area contributed by atoms with Crippen molar-refractivity contribution in [3.05, 3.63) is 39.9 Å². The van der Waals surface area contributed by atoms with Crippen LogP contribution in [0.15, 0.2) is 24.3 Å². The van der Waals surface area contributed by atoms with Crippen molar-refractivity contribution in [3.8, 4) is 0 Å². The van der Waals surface area contributed by atoms with Crippen LogP contribution in [0, 0.1) is 15.5 Å². The molecule has 1 rings (SSSR count). The van der Waals surface area contributed by atoms with Crippen molar-refractivity contribution >= 4 is 11.5 Å². The van der Waals surface area contributed by atoms with Crippen molar-refractivity contribution < 1.29 is 4.92 Å². The number of nitro benzene ring substituents is 1. The summed E-state index contributed by atoms with van der Waals surface area (Å²) in [4.78, 5) is 9.71. The number of hydrogen-bond acceptors (Lipinski definition) is 3. The van der Waals surface area contributed by atoms with Gasteiger partial charge in [-0.25, -0.2) is 0 Å². The van der Waals surface area contributed by atoms with E-state index >= 15 is 0 Å². The summed E-state index contributed by atoms with van der Waals surface area (Å²) in [7, 11) is 0. The first-order valence-electron chi connectivity index (χ1n) is 4.20. The lowest BCUT2D eigenvalue weighted by atomic mass is 10.2. The number of amidine groups is 1. The lowest BCUT2D eigenvalue weighted by molar-refractivity contribution is -0.384. The molecule has 0 aliphatic heterocycles. The number of benzene rings is 1. The third-order valence-corrected chi connectivity index (χ3v) is 1.39. The maximum absolute atomic E-state index is 10.2. The predicted molar refractivity (Wildman–Crippen MR) is 55.5 cm³/mol. The summed E-state index contributed by atoms with van der Waals surface area (Å²) in [6, 6.07) is 5.52. The van der Waals surface area contributed by atoms with Gasteiger partial charge in [-0.05, 0) is 12.1 Å². The van der Waals surface area contributed by atoms with Crippen LogP contribution < -0.4 is 5.73 Å². The maximum Gasteiger partial charge on any atom is 0.269 e. The van der Waals surface area contributed by atoms with E-state index in [0.29, 0.717) is 5.56 Å². The molecule has 0 aromatic heterocycles. The SMILES string of the molecule is CC.N=C(N)c1ccc([N+](=O)[O-])cc1. The quantitative estimate of drug-likeness (QED) is 0.326. The van der Waals surface area contributed by atoms with Gasteiger partial charge >= 0.3 is 0 Å². The summed E-state index contributed by atoms with van der Waals surface area (Å²) in [6.07, 6.45) is 0. The highest BCUT2D eigenvalue weighted by molar-refractivity contribution is 5.95. The Morgan fingerprint density at radius 3 is 2.07 bits per heavy atom. The molecule has 0 heterocycles. The van der Waals surface area contributed by atoms with Crippen LogP contribution in [0.4, 0.5) is 5.69 Å². The molecule has 0 radical (unpaired) electrons. The second-order valence-corrected chi connectivity index (χ2v) is 2.22. The highest BCUT2D eigenvalue weighted by atomic mass is 16.6. The zero-order valence-electron chi connectivity index (χ0n) is 8.15. The molecule has 0 unspecified atom stereocenters. The summed E-state index contributed by atoms with van der Waals surface area (Å²) in [6.45, 7) is 4.00. The van der Waals surface area contributed by atoms with Crippen LogP contribution in [0.1, 0.15) is 19.4 Å². The van der Waals surface area contributed by atoms with Crippen molar-refractivity contribution in [1.82, 2.24) is 0 Å². The van der Waals surface area contributed by atoms with Crippen molar-refractivity contribution in [1.29, 1.82) is 5.41 Å². The first-order chi connectivity index (χ1) is 6.61. The smallest absolute Gasteiger partial charge is 0.269 e. The fraction of sp³-hybridized carbons (Fsp3) is 0.222. The molecule has 0 fully saturated rings. The average Bonchev–Trinajstić information content (AvgIpc) is 2.21. The van der Waals surface area contributed by atoms with Gasteiger partial charge in [-0.15, -0.1) is 0 Å². The second-order valence-electron chi connectivity index (χ2n) is 2.22. The van der Waals surface area contributed by atoms with Gasteiger partial charge in [-0.3, -0.25) is 15.5 Å². The third kappa shape index (κ3) is 3.22. The van der Waals surface area contributed by atoms with E-state index in [1.54, 1.807) is 0 Å². The number of nitrogen functional groups attached to an aromatic ring is 1. The number of nitro groups is 1. The van der Waals surface area contributed by atoms with Crippen LogP contribution in [-0.4, -0.2) is 10.8 Å². The minimum atomic E-state index is -0.496. The summed E-state index contributed by atoms with van der Waals surface area (Å²) in [5.74, 6) is -0.0927. The van der Waals surface area contributed by atoms with Gasteiger partial charge in [-0.1, -0.05) is 13.8 Å². The van der Waals surface area contributed by atoms with E-state index in [1.807, 2.05) is 13.8 Å². The number of nitrogens with two attached hydrogens (primary N) is 1. The molecule has 0 saturated carbocycles. The van der Waals surface area contributed by atoms with Gasteiger partial charge in [0.1, 0.15) is 5.84 Å². The van der Waals surface area contributed by atoms with E-state index in [9.17, 15) is 10.1 Å². The molecule has 3 N–H and O–H groups in total. The molecular formula is C9H13N3O2. The monoisotopic (exact) mass is 195 g/mol. The van der Waals surface area contributed by atoms with Crippen LogP contribution in [0.25, 0.3) is 0 Å². The molecule has 76 valence electrons. The van der Waals surface area contributed by atoms with E-state index in [0.717, 1.165) is 0 Å². The van der Waals surface area contributed by atoms with Crippen molar-refractivity contribution in [3.63, 3.8) is 0 Å². The van der Waals surface area contributed by atoms with Crippen LogP contribution in [0.2, 0.25) is 0 Å². The van der Waals surface area contributed by atoms with Crippen molar-refractivity contribution in [2.75, 3.05) is 0 Å². The number of nitrogens with zero attached hydrogens (tertiary/aromatic N) is 1. The van der Waals surface area contributed by atoms with Crippen molar-refractivity contribution in [2.24, 2.45) is 5.73 Å². The van der Waals surface area contributed by atoms with E-state index in [4.69, 9.17) is 11.1 Å². The summed E-state index contributed by atoms with van der Waals surface area (Å²) in [5.41, 5.74) is 5.64. The van der Waals surface area contributed by atoms with Crippen LogP contribution >= 0.6 is 0 Å². The zero-order valence-corrected chi connectivity index (χ0v) is 8.15. The summed E-state index contributed by atoms with van der Waals surface area (Å²) < 4.78 is 0. The summed E-state index contributed by atoms with van der Waals surface area (Å²) in [5, 5.41) is 17.2. The average molecular weight is 195 g/mol. The molecule has 1 aromatic carbocycles. The van der Waals surface area contributed by atoms with Crippen molar-refractivity contribution in [2.45, 2.75) is 13.8 Å². The van der Waals surface area contributed by atoms with E-state index in [2.05, 4.69) is 0 Å². The van der Waals surface area contributed by atoms with E-state index in [1.165, 1.54) is 24.3 Å². The molecule has 5 heteroatoms. The lowest BCUT2D eigenvalue weighted by Gasteiger charge is -1.95. The van der Waals surface area contributed by atoms with Crippen LogP contribution in [-0.2, 0) is 0 Å². The predicted octanol–water partition coefficient (Wildman–Crippen LogP) is 1.91. The first kappa shape index (κ1) is 12.1. The van der Waals surface area contributed by atoms with Gasteiger partial charge in [0.2, 0.25) is 0 Å². The minimum Gasteiger partial charge on any atom is -0.384 e. The summed E-state index contributed by atoms with van der Waals surface area (Å²) >= 11 is 0. The number of nitrogens with one attached hydrogen (secondary N) is 1. The molecule has 0 spiro atoms. The van der Waals surface area contributed by atoms with Gasteiger partial charge in [0.25, 0.3) is 5.69 Å². The van der Waals surface area contributed by atoms with Crippen LogP contribution in [0.5, 0.6) is 0 Å². The van der Waals surface area contributed by atoms with E-state index < -0.39 is 4.92 Å². The Balaban J connectivity index is 0.000000791. The Labute approximate surface area is 82.2 Å². The number of rotatable bonds is 2. The molecule has 0 amide bonds. The highest BCUT2D eigenvalue weighted by Crippen LogP contribution is 2.10. The molecule has 14 heavy (non-hydrogen) atoms. The Hall–Kier alpha value is -1.91. The topological polar surface area (TPSA) is 93.0 Å². The maximum atomic E-state index is 10.2. The Morgan fingerprint density at radius 2 is 1.79 bits per heavy atom. The molecule has 5 nitrogen and oxygen atoms in total. The third-order valence-electron chi connectivity index (χ3n) is 1.39. The number of non-ortho nitro benzene ring substituents is 1. The minimum absolute atomic E-state index is 0.000000000000000222. The largest absolute Gasteiger partial charge is 0.384 e. The van der Waals surface area contributed by atoms with Gasteiger partial charge in [0, 0.05) is 17.7 Å². The van der Waals surface area contributed by atoms with Gasteiger partial charge in [0.05, 0.1) is 4.92 Å². The molecule has 0 saturated heterocycles. The Kier molecular flexibility index (Phi) is 4.91. The fourth-order valence-corrected chi connectivity index (χ4v) is 0.763. The Bertz CT molecular complexity index is 286. The molecular weight excluding hydrogens is 182 g/mol. The van der Waals surface area contributed by atoms with Gasteiger partial charge < -0.3 is 5.73 Å². The standard InChI is InChI=1S/C7H7N3O2.C2H6/c8-7(9)5-1-3-6(4-2-5)10(11)12;1-2/h1-4H,(H3,8,9);1-2H3. The molecule has 0 atom stereocenters. The Morgan fingerprint density at radius 1 is 1.36 bits per heavy atom. The highest BCUT2D eigenvalue weighted by Gasteiger charge is 2.04. The first-order valence-corrected chi connectivity index (χ1v) is 4.20. The zero-order chi connectivity index (χ0) is 11.1. The van der Waals surface area contributed by atoms with E-state index in [-0.39, 0.29) is 11.5 Å². The van der Waals surface area contributed by atoms with Crippen LogP contribution in [0.3, 0.4) is 0 Å². The van der Waals surface area contributed by atoms with Gasteiger partial charge in [-0.2, -0.15) is 0 Å². The molecule has 0 bridgehead atoms. The molecule has 0 aliphatic rings. The number of hydrogen-bond donors (Lipinski definition) is 2. The lowest BCUT2D eigenvalue weighted by Crippen LogP contribution is -2.10. The second kappa shape index (κ2) is 5.69. The normalized spacial score (nSPS) is 8.43. The molecule has 0 aliphatic carbocycles. The van der Waals surface area contributed by atoms with Gasteiger partial charge in [0.15, 0.2) is 0 Å². The fourth-order valence-electron chi connectivity index (χ4n) is 0.763. The molecule has 1 aromatic rings.